The Bertz CT molecular complexity index is 509. The Hall–Kier alpha value is -2.52. The first-order chi connectivity index (χ1) is 10.0. The summed E-state index contributed by atoms with van der Waals surface area (Å²) in [6.07, 6.45) is 2.93. The van der Waals surface area contributed by atoms with E-state index in [1.54, 1.807) is 24.3 Å². The molecular weight excluding hydrogens is 274 g/mol. The molecule has 0 saturated heterocycles. The average Bonchev–Trinajstić information content (AvgIpc) is 2.49. The van der Waals surface area contributed by atoms with Crippen LogP contribution in [0.25, 0.3) is 0 Å². The molecule has 0 spiro atoms. The fourth-order valence-corrected chi connectivity index (χ4v) is 1.64. The zero-order chi connectivity index (χ0) is 15.7. The number of aliphatic hydroxyl groups excluding tert-OH is 1. The molecule has 1 rings (SSSR count). The number of benzene rings is 1. The molecule has 21 heavy (non-hydrogen) atoms. The minimum absolute atomic E-state index is 0.0533. The van der Waals surface area contributed by atoms with E-state index in [1.165, 1.54) is 0 Å². The Morgan fingerprint density at radius 1 is 1.33 bits per heavy atom. The van der Waals surface area contributed by atoms with Crippen molar-refractivity contribution in [3.05, 3.63) is 35.9 Å². The quantitative estimate of drug-likeness (QED) is 0.655. The summed E-state index contributed by atoms with van der Waals surface area (Å²) < 4.78 is 4.96. The highest BCUT2D eigenvalue weighted by Gasteiger charge is 2.27. The van der Waals surface area contributed by atoms with E-state index in [1.807, 2.05) is 6.07 Å². The van der Waals surface area contributed by atoms with Crippen LogP contribution in [-0.4, -0.2) is 34.4 Å². The van der Waals surface area contributed by atoms with Crippen molar-refractivity contribution >= 4 is 12.1 Å². The lowest BCUT2D eigenvalue weighted by Crippen LogP contribution is -2.47. The van der Waals surface area contributed by atoms with Crippen LogP contribution in [0, 0.1) is 12.3 Å². The standard InChI is InChI=1S/C15H17NO5/c1-2-3-9-12(13(17)14(18)19)16-15(20)21-10-11-7-5-4-6-8-11/h1,4-8,12-13,17H,3,9-10H2,(H,16,20)(H,18,19)/t12-,13+/m0/s1. The maximum absolute atomic E-state index is 11.6. The third kappa shape index (κ3) is 5.97. The van der Waals surface area contributed by atoms with Gasteiger partial charge in [-0.15, -0.1) is 12.3 Å². The SMILES string of the molecule is C#CCC[C@H](NC(=O)OCc1ccccc1)[C@@H](O)C(=O)O. The fourth-order valence-electron chi connectivity index (χ4n) is 1.64. The molecule has 0 saturated carbocycles. The van der Waals surface area contributed by atoms with Crippen LogP contribution in [0.2, 0.25) is 0 Å². The molecule has 0 aliphatic rings. The highest BCUT2D eigenvalue weighted by Crippen LogP contribution is 2.05. The topological polar surface area (TPSA) is 95.9 Å². The normalized spacial score (nSPS) is 12.8. The van der Waals surface area contributed by atoms with Crippen molar-refractivity contribution in [1.29, 1.82) is 0 Å². The largest absolute Gasteiger partial charge is 0.479 e. The first-order valence-electron chi connectivity index (χ1n) is 6.36. The van der Waals surface area contributed by atoms with Gasteiger partial charge in [0.25, 0.3) is 0 Å². The highest BCUT2D eigenvalue weighted by atomic mass is 16.5. The van der Waals surface area contributed by atoms with Crippen molar-refractivity contribution in [2.45, 2.75) is 31.6 Å². The van der Waals surface area contributed by atoms with E-state index in [0.29, 0.717) is 0 Å². The van der Waals surface area contributed by atoms with Gasteiger partial charge in [-0.3, -0.25) is 0 Å². The summed E-state index contributed by atoms with van der Waals surface area (Å²) in [7, 11) is 0. The summed E-state index contributed by atoms with van der Waals surface area (Å²) in [6.45, 7) is 0.0533. The first-order valence-corrected chi connectivity index (χ1v) is 6.36. The summed E-state index contributed by atoms with van der Waals surface area (Å²) in [4.78, 5) is 22.4. The number of hydrogen-bond donors (Lipinski definition) is 3. The Labute approximate surface area is 122 Å². The van der Waals surface area contributed by atoms with Crippen molar-refractivity contribution in [2.75, 3.05) is 0 Å². The number of carboxylic acids is 1. The Morgan fingerprint density at radius 2 is 2.00 bits per heavy atom. The number of aliphatic carboxylic acids is 1. The molecular formula is C15H17NO5. The van der Waals surface area contributed by atoms with E-state index in [-0.39, 0.29) is 19.4 Å². The molecule has 0 heterocycles. The van der Waals surface area contributed by atoms with E-state index in [2.05, 4.69) is 11.2 Å². The second-order valence-electron chi connectivity index (χ2n) is 4.34. The predicted octanol–water partition coefficient (Wildman–Crippen LogP) is 1.14. The number of alkyl carbamates (subject to hydrolysis) is 1. The van der Waals surface area contributed by atoms with Crippen LogP contribution >= 0.6 is 0 Å². The van der Waals surface area contributed by atoms with E-state index in [4.69, 9.17) is 16.3 Å². The van der Waals surface area contributed by atoms with Gasteiger partial charge < -0.3 is 20.3 Å². The van der Waals surface area contributed by atoms with Gasteiger partial charge in [0, 0.05) is 6.42 Å². The molecule has 0 aliphatic heterocycles. The van der Waals surface area contributed by atoms with Gasteiger partial charge in [-0.2, -0.15) is 0 Å². The van der Waals surface area contributed by atoms with Crippen molar-refractivity contribution in [3.8, 4) is 12.3 Å². The fraction of sp³-hybridized carbons (Fsp3) is 0.333. The maximum Gasteiger partial charge on any atom is 0.407 e. The Kier molecular flexibility index (Phi) is 6.78. The molecule has 1 aromatic rings. The number of carbonyl (C=O) groups excluding carboxylic acids is 1. The number of terminal acetylenes is 1. The molecule has 1 aromatic carbocycles. The maximum atomic E-state index is 11.6. The number of carbonyl (C=O) groups is 2. The molecule has 0 aliphatic carbocycles. The van der Waals surface area contributed by atoms with Gasteiger partial charge in [-0.1, -0.05) is 30.3 Å². The van der Waals surface area contributed by atoms with Gasteiger partial charge in [-0.05, 0) is 12.0 Å². The summed E-state index contributed by atoms with van der Waals surface area (Å²) in [5.41, 5.74) is 0.798. The molecule has 112 valence electrons. The number of aliphatic hydroxyl groups is 1. The number of ether oxygens (including phenoxy) is 1. The second kappa shape index (κ2) is 8.61. The van der Waals surface area contributed by atoms with Crippen LogP contribution in [0.4, 0.5) is 4.79 Å². The Balaban J connectivity index is 2.51. The van der Waals surface area contributed by atoms with Crippen LogP contribution in [0.5, 0.6) is 0 Å². The summed E-state index contributed by atoms with van der Waals surface area (Å²) in [6, 6.07) is 8.02. The molecule has 6 nitrogen and oxygen atoms in total. The zero-order valence-electron chi connectivity index (χ0n) is 11.4. The minimum Gasteiger partial charge on any atom is -0.479 e. The van der Waals surface area contributed by atoms with E-state index in [0.717, 1.165) is 5.56 Å². The lowest BCUT2D eigenvalue weighted by Gasteiger charge is -2.20. The van der Waals surface area contributed by atoms with Crippen molar-refractivity contribution in [3.63, 3.8) is 0 Å². The number of rotatable bonds is 7. The zero-order valence-corrected chi connectivity index (χ0v) is 11.4. The Morgan fingerprint density at radius 3 is 2.57 bits per heavy atom. The molecule has 2 atom stereocenters. The van der Waals surface area contributed by atoms with E-state index in [9.17, 15) is 14.7 Å². The van der Waals surface area contributed by atoms with Gasteiger partial charge in [0.2, 0.25) is 0 Å². The summed E-state index contributed by atoms with van der Waals surface area (Å²) in [5, 5.41) is 20.6. The van der Waals surface area contributed by atoms with Crippen molar-refractivity contribution in [1.82, 2.24) is 5.32 Å². The van der Waals surface area contributed by atoms with Gasteiger partial charge in [0.15, 0.2) is 6.10 Å². The third-order valence-electron chi connectivity index (χ3n) is 2.75. The van der Waals surface area contributed by atoms with Crippen molar-refractivity contribution in [2.24, 2.45) is 0 Å². The van der Waals surface area contributed by atoms with Gasteiger partial charge in [-0.25, -0.2) is 9.59 Å². The molecule has 6 heteroatoms. The monoisotopic (exact) mass is 291 g/mol. The number of hydrogen-bond acceptors (Lipinski definition) is 4. The van der Waals surface area contributed by atoms with Gasteiger partial charge in [0.1, 0.15) is 6.61 Å². The molecule has 0 unspecified atom stereocenters. The second-order valence-corrected chi connectivity index (χ2v) is 4.34. The highest BCUT2D eigenvalue weighted by molar-refractivity contribution is 5.75. The van der Waals surface area contributed by atoms with Crippen LogP contribution < -0.4 is 5.32 Å². The predicted molar refractivity (Wildman–Crippen MR) is 75.3 cm³/mol. The molecule has 0 radical (unpaired) electrons. The number of amides is 1. The molecule has 0 aromatic heterocycles. The summed E-state index contributed by atoms with van der Waals surface area (Å²) in [5.74, 6) is 0.897. The van der Waals surface area contributed by atoms with Crippen LogP contribution in [0.15, 0.2) is 30.3 Å². The lowest BCUT2D eigenvalue weighted by molar-refractivity contribution is -0.148. The lowest BCUT2D eigenvalue weighted by atomic mass is 10.1. The molecule has 1 amide bonds. The third-order valence-corrected chi connectivity index (χ3v) is 2.75. The molecule has 3 N–H and O–H groups in total. The van der Waals surface area contributed by atoms with Crippen molar-refractivity contribution < 1.29 is 24.5 Å². The van der Waals surface area contributed by atoms with E-state index < -0.39 is 24.2 Å². The average molecular weight is 291 g/mol. The smallest absolute Gasteiger partial charge is 0.407 e. The number of carboxylic acid groups (broad SMARTS) is 1. The van der Waals surface area contributed by atoms with Crippen LogP contribution in [-0.2, 0) is 16.1 Å². The minimum atomic E-state index is -1.73. The number of nitrogens with one attached hydrogen (secondary N) is 1. The molecule has 0 bridgehead atoms. The van der Waals surface area contributed by atoms with Gasteiger partial charge in [0.05, 0.1) is 6.04 Å². The first kappa shape index (κ1) is 16.5. The summed E-state index contributed by atoms with van der Waals surface area (Å²) >= 11 is 0. The van der Waals surface area contributed by atoms with Crippen LogP contribution in [0.3, 0.4) is 0 Å². The molecule has 0 fully saturated rings. The van der Waals surface area contributed by atoms with E-state index >= 15 is 0 Å². The van der Waals surface area contributed by atoms with Crippen LogP contribution in [0.1, 0.15) is 18.4 Å². The van der Waals surface area contributed by atoms with Gasteiger partial charge >= 0.3 is 12.1 Å².